The molecule has 2 saturated heterocycles. The lowest BCUT2D eigenvalue weighted by Crippen LogP contribution is -2.50. The molecule has 2 heteroatoms. The smallest absolute Gasteiger partial charge is 0.0638 e. The third kappa shape index (κ3) is 0.611. The molecule has 0 aromatic carbocycles. The number of hydrogen-bond acceptors (Lipinski definition) is 2. The quantitative estimate of drug-likeness (QED) is 0.489. The molecule has 0 aliphatic carbocycles. The molecule has 0 aromatic heterocycles. The van der Waals surface area contributed by atoms with Crippen LogP contribution in [0.2, 0.25) is 0 Å². The van der Waals surface area contributed by atoms with E-state index in [1.807, 2.05) is 0 Å². The highest BCUT2D eigenvalue weighted by Gasteiger charge is 2.45. The Balaban J connectivity index is 2.14. The van der Waals surface area contributed by atoms with E-state index in [1.54, 1.807) is 0 Å². The van der Waals surface area contributed by atoms with Gasteiger partial charge in [-0.25, -0.2) is 0 Å². The van der Waals surface area contributed by atoms with E-state index in [0.717, 1.165) is 18.2 Å². The summed E-state index contributed by atoms with van der Waals surface area (Å²) >= 11 is 0. The maximum Gasteiger partial charge on any atom is 0.0638 e. The van der Waals surface area contributed by atoms with Gasteiger partial charge in [-0.2, -0.15) is 0 Å². The average molecular weight is 140 g/mol. The lowest BCUT2D eigenvalue weighted by molar-refractivity contribution is 0.0417. The normalized spacial score (nSPS) is 48.9. The van der Waals surface area contributed by atoms with E-state index in [1.165, 1.54) is 13.0 Å². The lowest BCUT2D eigenvalue weighted by atomic mass is 10.1. The summed E-state index contributed by atoms with van der Waals surface area (Å²) in [7, 11) is 2.24. The molecule has 2 nitrogen and oxygen atoms in total. The maximum atomic E-state index is 2.59. The zero-order chi connectivity index (χ0) is 7.30. The van der Waals surface area contributed by atoms with Gasteiger partial charge in [0.1, 0.15) is 0 Å². The highest BCUT2D eigenvalue weighted by Crippen LogP contribution is 2.33. The van der Waals surface area contributed by atoms with Crippen molar-refractivity contribution in [1.29, 1.82) is 0 Å². The van der Waals surface area contributed by atoms with E-state index in [9.17, 15) is 0 Å². The van der Waals surface area contributed by atoms with Gasteiger partial charge in [-0.05, 0) is 27.3 Å². The van der Waals surface area contributed by atoms with Crippen LogP contribution in [0.3, 0.4) is 0 Å². The number of rotatable bonds is 0. The van der Waals surface area contributed by atoms with E-state index in [-0.39, 0.29) is 0 Å². The first-order valence-corrected chi connectivity index (χ1v) is 4.19. The minimum atomic E-state index is 0.757. The maximum absolute atomic E-state index is 2.59. The van der Waals surface area contributed by atoms with Gasteiger partial charge in [-0.1, -0.05) is 0 Å². The van der Waals surface area contributed by atoms with Crippen molar-refractivity contribution < 1.29 is 0 Å². The van der Waals surface area contributed by atoms with Crippen LogP contribution < -0.4 is 0 Å². The summed E-state index contributed by atoms with van der Waals surface area (Å²) in [5.41, 5.74) is 0. The zero-order valence-corrected chi connectivity index (χ0v) is 7.04. The second-order valence-electron chi connectivity index (χ2n) is 3.65. The largest absolute Gasteiger partial charge is 0.287 e. The molecule has 0 bridgehead atoms. The molecule has 3 atom stereocenters. The van der Waals surface area contributed by atoms with Gasteiger partial charge in [0.2, 0.25) is 0 Å². The molecule has 2 aliphatic rings. The summed E-state index contributed by atoms with van der Waals surface area (Å²) < 4.78 is 0. The van der Waals surface area contributed by atoms with Gasteiger partial charge in [-0.3, -0.25) is 9.80 Å². The van der Waals surface area contributed by atoms with Gasteiger partial charge in [0, 0.05) is 18.6 Å². The van der Waals surface area contributed by atoms with Crippen LogP contribution in [0.4, 0.5) is 0 Å². The molecule has 2 rings (SSSR count). The van der Waals surface area contributed by atoms with Crippen molar-refractivity contribution >= 4 is 0 Å². The van der Waals surface area contributed by atoms with E-state index >= 15 is 0 Å². The second-order valence-corrected chi connectivity index (χ2v) is 3.65. The predicted molar refractivity (Wildman–Crippen MR) is 41.8 cm³/mol. The standard InChI is InChI=1S/C8H16N2/c1-6-7(2)10-5-4-8(10)9(6)3/h6-8H,4-5H2,1-3H3. The zero-order valence-electron chi connectivity index (χ0n) is 7.04. The molecule has 58 valence electrons. The molecule has 10 heavy (non-hydrogen) atoms. The van der Waals surface area contributed by atoms with Gasteiger partial charge in [0.15, 0.2) is 0 Å². The van der Waals surface area contributed by atoms with Crippen LogP contribution in [0, 0.1) is 0 Å². The predicted octanol–water partition coefficient (Wildman–Crippen LogP) is 0.741. The fraction of sp³-hybridized carbons (Fsp3) is 1.00. The molecule has 0 aromatic rings. The van der Waals surface area contributed by atoms with Gasteiger partial charge in [-0.15, -0.1) is 0 Å². The van der Waals surface area contributed by atoms with Crippen LogP contribution in [0.25, 0.3) is 0 Å². The Bertz CT molecular complexity index is 109. The number of fused-ring (bicyclic) bond motifs is 1. The molecule has 0 saturated carbocycles. The molecular weight excluding hydrogens is 124 g/mol. The summed E-state index contributed by atoms with van der Waals surface area (Å²) in [5.74, 6) is 0. The Kier molecular flexibility index (Phi) is 1.29. The summed E-state index contributed by atoms with van der Waals surface area (Å²) in [4.78, 5) is 5.08. The van der Waals surface area contributed by atoms with Crippen LogP contribution in [-0.4, -0.2) is 41.6 Å². The number of likely N-dealkylation sites (N-methyl/N-ethyl adjacent to an activating group) is 1. The van der Waals surface area contributed by atoms with Gasteiger partial charge >= 0.3 is 0 Å². The summed E-state index contributed by atoms with van der Waals surface area (Å²) in [6.45, 7) is 5.98. The van der Waals surface area contributed by atoms with E-state index < -0.39 is 0 Å². The lowest BCUT2D eigenvalue weighted by Gasteiger charge is -2.39. The van der Waals surface area contributed by atoms with Crippen LogP contribution in [-0.2, 0) is 0 Å². The highest BCUT2D eigenvalue weighted by atomic mass is 15.5. The van der Waals surface area contributed by atoms with E-state index in [0.29, 0.717) is 0 Å². The van der Waals surface area contributed by atoms with Gasteiger partial charge in [0.25, 0.3) is 0 Å². The molecule has 2 heterocycles. The Morgan fingerprint density at radius 1 is 1.20 bits per heavy atom. The van der Waals surface area contributed by atoms with Crippen LogP contribution >= 0.6 is 0 Å². The fourth-order valence-corrected chi connectivity index (χ4v) is 2.20. The third-order valence-electron chi connectivity index (χ3n) is 3.36. The average Bonchev–Trinajstić information content (AvgIpc) is 1.92. The van der Waals surface area contributed by atoms with Crippen molar-refractivity contribution in [3.05, 3.63) is 0 Å². The topological polar surface area (TPSA) is 6.48 Å². The van der Waals surface area contributed by atoms with Crippen molar-refractivity contribution in [2.45, 2.75) is 38.5 Å². The molecular formula is C8H16N2. The van der Waals surface area contributed by atoms with Crippen molar-refractivity contribution in [3.63, 3.8) is 0 Å². The Labute approximate surface area is 62.8 Å². The molecule has 2 fully saturated rings. The summed E-state index contributed by atoms with van der Waals surface area (Å²) in [6, 6.07) is 1.54. The fourth-order valence-electron chi connectivity index (χ4n) is 2.20. The van der Waals surface area contributed by atoms with Gasteiger partial charge < -0.3 is 0 Å². The van der Waals surface area contributed by atoms with E-state index in [4.69, 9.17) is 0 Å². The van der Waals surface area contributed by atoms with Crippen molar-refractivity contribution in [2.75, 3.05) is 13.6 Å². The Morgan fingerprint density at radius 2 is 1.90 bits per heavy atom. The van der Waals surface area contributed by atoms with Crippen LogP contribution in [0.15, 0.2) is 0 Å². The van der Waals surface area contributed by atoms with Gasteiger partial charge in [0.05, 0.1) is 6.17 Å². The molecule has 2 aliphatic heterocycles. The summed E-state index contributed by atoms with van der Waals surface area (Å²) in [5, 5.41) is 0. The Hall–Kier alpha value is -0.0800. The first-order chi connectivity index (χ1) is 4.72. The first-order valence-electron chi connectivity index (χ1n) is 4.19. The Morgan fingerprint density at radius 3 is 2.10 bits per heavy atom. The molecule has 0 N–H and O–H groups in total. The SMILES string of the molecule is CC1C(C)N2CCC2N1C. The minimum absolute atomic E-state index is 0.757. The van der Waals surface area contributed by atoms with Crippen molar-refractivity contribution in [2.24, 2.45) is 0 Å². The minimum Gasteiger partial charge on any atom is -0.287 e. The molecule has 0 radical (unpaired) electrons. The second kappa shape index (κ2) is 1.95. The number of nitrogens with zero attached hydrogens (tertiary/aromatic N) is 2. The molecule has 3 unspecified atom stereocenters. The van der Waals surface area contributed by atoms with Crippen molar-refractivity contribution in [3.8, 4) is 0 Å². The third-order valence-corrected chi connectivity index (χ3v) is 3.36. The first kappa shape index (κ1) is 6.62. The monoisotopic (exact) mass is 140 g/mol. The molecule has 0 amide bonds. The van der Waals surface area contributed by atoms with Crippen LogP contribution in [0.5, 0.6) is 0 Å². The number of hydrogen-bond donors (Lipinski definition) is 0. The molecule has 0 spiro atoms. The van der Waals surface area contributed by atoms with Crippen LogP contribution in [0.1, 0.15) is 20.3 Å². The highest BCUT2D eigenvalue weighted by molar-refractivity contribution is 4.98. The van der Waals surface area contributed by atoms with Crippen molar-refractivity contribution in [1.82, 2.24) is 9.80 Å². The van der Waals surface area contributed by atoms with E-state index in [2.05, 4.69) is 30.7 Å². The summed E-state index contributed by atoms with van der Waals surface area (Å²) in [6.07, 6.45) is 2.16.